The Kier molecular flexibility index (Phi) is 3.49. The van der Waals surface area contributed by atoms with Crippen molar-refractivity contribution in [1.29, 1.82) is 0 Å². The summed E-state index contributed by atoms with van der Waals surface area (Å²) in [7, 11) is 1.44. The van der Waals surface area contributed by atoms with Crippen molar-refractivity contribution in [3.05, 3.63) is 24.0 Å². The summed E-state index contributed by atoms with van der Waals surface area (Å²) in [5.74, 6) is -0.262. The normalized spacial score (nSPS) is 9.77. The van der Waals surface area contributed by atoms with Crippen LogP contribution in [0.4, 0.5) is 8.78 Å². The van der Waals surface area contributed by atoms with Crippen LogP contribution in [-0.2, 0) is 0 Å². The molecule has 4 heteroatoms. The fraction of sp³-hybridized carbons (Fsp3) is 0.333. The van der Waals surface area contributed by atoms with Crippen LogP contribution in [0.5, 0.6) is 11.5 Å². The molecular formula is C9H9F2O2. The molecule has 71 valence electrons. The lowest BCUT2D eigenvalue weighted by molar-refractivity contribution is 0.261. The van der Waals surface area contributed by atoms with Gasteiger partial charge in [0.1, 0.15) is 19.0 Å². The second-order valence-electron chi connectivity index (χ2n) is 2.26. The first kappa shape index (κ1) is 9.77. The van der Waals surface area contributed by atoms with Gasteiger partial charge in [-0.05, 0) is 6.07 Å². The van der Waals surface area contributed by atoms with Crippen LogP contribution in [0, 0.1) is 11.9 Å². The van der Waals surface area contributed by atoms with E-state index < -0.39 is 12.5 Å². The fourth-order valence-corrected chi connectivity index (χ4v) is 0.811. The highest BCUT2D eigenvalue weighted by atomic mass is 19.1. The number of hydrogen-bond donors (Lipinski definition) is 0. The Hall–Kier alpha value is -1.32. The van der Waals surface area contributed by atoms with Crippen molar-refractivity contribution in [2.75, 3.05) is 20.4 Å². The zero-order valence-electron chi connectivity index (χ0n) is 7.14. The van der Waals surface area contributed by atoms with Gasteiger partial charge in [0.25, 0.3) is 0 Å². The predicted octanol–water partition coefficient (Wildman–Crippen LogP) is 1.98. The first-order chi connectivity index (χ1) is 6.27. The highest BCUT2D eigenvalue weighted by Gasteiger charge is 2.04. The SMILES string of the molecule is COc1c[c]c(F)c(OCCF)c1. The summed E-state index contributed by atoms with van der Waals surface area (Å²) in [5.41, 5.74) is 0. The molecule has 0 aliphatic heterocycles. The lowest BCUT2D eigenvalue weighted by Gasteiger charge is -2.06. The molecule has 1 radical (unpaired) electrons. The Morgan fingerprint density at radius 1 is 1.54 bits per heavy atom. The zero-order chi connectivity index (χ0) is 9.68. The van der Waals surface area contributed by atoms with E-state index in [2.05, 4.69) is 6.07 Å². The quantitative estimate of drug-likeness (QED) is 0.717. The van der Waals surface area contributed by atoms with Gasteiger partial charge in [0.2, 0.25) is 0 Å². The van der Waals surface area contributed by atoms with Crippen LogP contribution in [0.25, 0.3) is 0 Å². The van der Waals surface area contributed by atoms with Gasteiger partial charge in [-0.2, -0.15) is 0 Å². The van der Waals surface area contributed by atoms with Crippen LogP contribution < -0.4 is 9.47 Å². The molecule has 13 heavy (non-hydrogen) atoms. The molecular weight excluding hydrogens is 178 g/mol. The summed E-state index contributed by atoms with van der Waals surface area (Å²) < 4.78 is 34.2. The third kappa shape index (κ3) is 2.57. The van der Waals surface area contributed by atoms with Crippen molar-refractivity contribution >= 4 is 0 Å². The number of benzene rings is 1. The van der Waals surface area contributed by atoms with E-state index in [0.29, 0.717) is 5.75 Å². The summed E-state index contributed by atoms with van der Waals surface area (Å²) in [6.45, 7) is -0.825. The van der Waals surface area contributed by atoms with E-state index in [1.54, 1.807) is 0 Å². The number of ether oxygens (including phenoxy) is 2. The maximum Gasteiger partial charge on any atom is 0.173 e. The number of rotatable bonds is 4. The Labute approximate surface area is 75.1 Å². The molecule has 0 amide bonds. The average Bonchev–Trinajstić information content (AvgIpc) is 2.17. The van der Waals surface area contributed by atoms with Crippen LogP contribution >= 0.6 is 0 Å². The van der Waals surface area contributed by atoms with Gasteiger partial charge >= 0.3 is 0 Å². The second kappa shape index (κ2) is 4.64. The summed E-state index contributed by atoms with van der Waals surface area (Å²) >= 11 is 0. The van der Waals surface area contributed by atoms with Crippen LogP contribution in [0.1, 0.15) is 0 Å². The standard InChI is InChI=1S/C9H9F2O2/c1-12-7-2-3-8(11)9(6-7)13-5-4-10/h2,6H,4-5H2,1H3. The van der Waals surface area contributed by atoms with Gasteiger partial charge in [0.15, 0.2) is 11.6 Å². The second-order valence-corrected chi connectivity index (χ2v) is 2.26. The zero-order valence-corrected chi connectivity index (χ0v) is 7.14. The number of alkyl halides is 1. The van der Waals surface area contributed by atoms with Crippen molar-refractivity contribution in [1.82, 2.24) is 0 Å². The molecule has 0 spiro atoms. The molecule has 1 aromatic rings. The van der Waals surface area contributed by atoms with Crippen LogP contribution in [0.15, 0.2) is 12.1 Å². The first-order valence-electron chi connectivity index (χ1n) is 3.72. The third-order valence-electron chi connectivity index (χ3n) is 1.40. The van der Waals surface area contributed by atoms with Gasteiger partial charge in [0, 0.05) is 12.1 Å². The van der Waals surface area contributed by atoms with Crippen LogP contribution in [0.3, 0.4) is 0 Å². The monoisotopic (exact) mass is 187 g/mol. The van der Waals surface area contributed by atoms with Gasteiger partial charge in [-0.25, -0.2) is 8.78 Å². The minimum Gasteiger partial charge on any atom is -0.497 e. The Bertz CT molecular complexity index is 276. The molecule has 0 aromatic heterocycles. The van der Waals surface area contributed by atoms with Crippen LogP contribution in [-0.4, -0.2) is 20.4 Å². The minimum absolute atomic E-state index is 0.0444. The summed E-state index contributed by atoms with van der Waals surface area (Å²) in [4.78, 5) is 0. The average molecular weight is 187 g/mol. The lowest BCUT2D eigenvalue weighted by atomic mass is 10.3. The molecule has 2 nitrogen and oxygen atoms in total. The van der Waals surface area contributed by atoms with Crippen molar-refractivity contribution < 1.29 is 18.3 Å². The predicted molar refractivity (Wildman–Crippen MR) is 43.3 cm³/mol. The smallest absolute Gasteiger partial charge is 0.173 e. The number of halogens is 2. The Morgan fingerprint density at radius 2 is 2.31 bits per heavy atom. The molecule has 0 fully saturated rings. The molecule has 1 aromatic carbocycles. The Morgan fingerprint density at radius 3 is 2.92 bits per heavy atom. The van der Waals surface area contributed by atoms with E-state index in [-0.39, 0.29) is 12.4 Å². The molecule has 0 saturated carbocycles. The molecule has 0 saturated heterocycles. The van der Waals surface area contributed by atoms with Gasteiger partial charge in [-0.1, -0.05) is 0 Å². The number of methoxy groups -OCH3 is 1. The summed E-state index contributed by atoms with van der Waals surface area (Å²) in [5, 5.41) is 0. The van der Waals surface area contributed by atoms with E-state index >= 15 is 0 Å². The van der Waals surface area contributed by atoms with Gasteiger partial charge in [-0.15, -0.1) is 0 Å². The highest BCUT2D eigenvalue weighted by molar-refractivity contribution is 5.33. The third-order valence-corrected chi connectivity index (χ3v) is 1.40. The lowest BCUT2D eigenvalue weighted by Crippen LogP contribution is -2.00. The molecule has 0 unspecified atom stereocenters. The van der Waals surface area contributed by atoms with E-state index in [1.807, 2.05) is 0 Å². The summed E-state index contributed by atoms with van der Waals surface area (Å²) in [6, 6.07) is 4.98. The first-order valence-corrected chi connectivity index (χ1v) is 3.72. The maximum absolute atomic E-state index is 12.9. The molecule has 0 aliphatic carbocycles. The van der Waals surface area contributed by atoms with Gasteiger partial charge in [-0.3, -0.25) is 0 Å². The van der Waals surface area contributed by atoms with E-state index in [0.717, 1.165) is 0 Å². The van der Waals surface area contributed by atoms with Gasteiger partial charge in [0.05, 0.1) is 7.11 Å². The topological polar surface area (TPSA) is 18.5 Å². The minimum atomic E-state index is -0.656. The largest absolute Gasteiger partial charge is 0.497 e. The van der Waals surface area contributed by atoms with E-state index in [9.17, 15) is 8.78 Å². The van der Waals surface area contributed by atoms with Crippen molar-refractivity contribution in [2.24, 2.45) is 0 Å². The van der Waals surface area contributed by atoms with Crippen LogP contribution in [0.2, 0.25) is 0 Å². The van der Waals surface area contributed by atoms with Crippen molar-refractivity contribution in [3.8, 4) is 11.5 Å². The molecule has 0 heterocycles. The molecule has 0 atom stereocenters. The van der Waals surface area contributed by atoms with E-state index in [4.69, 9.17) is 9.47 Å². The van der Waals surface area contributed by atoms with Gasteiger partial charge < -0.3 is 9.47 Å². The molecule has 0 aliphatic rings. The van der Waals surface area contributed by atoms with Crippen molar-refractivity contribution in [3.63, 3.8) is 0 Å². The van der Waals surface area contributed by atoms with E-state index in [1.165, 1.54) is 19.2 Å². The fourth-order valence-electron chi connectivity index (χ4n) is 0.811. The molecule has 0 bridgehead atoms. The molecule has 0 N–H and O–H groups in total. The number of hydrogen-bond acceptors (Lipinski definition) is 2. The van der Waals surface area contributed by atoms with Crippen molar-refractivity contribution in [2.45, 2.75) is 0 Å². The maximum atomic E-state index is 12.9. The molecule has 1 rings (SSSR count). The highest BCUT2D eigenvalue weighted by Crippen LogP contribution is 2.22. The Balaban J connectivity index is 2.78. The summed E-state index contributed by atoms with van der Waals surface area (Å²) in [6.07, 6.45) is 0.